The van der Waals surface area contributed by atoms with Crippen molar-refractivity contribution in [3.8, 4) is 5.75 Å². The summed E-state index contributed by atoms with van der Waals surface area (Å²) < 4.78 is 6.07. The van der Waals surface area contributed by atoms with E-state index in [-0.39, 0.29) is 11.9 Å². The van der Waals surface area contributed by atoms with Crippen molar-refractivity contribution in [2.24, 2.45) is 0 Å². The molecule has 1 atom stereocenters. The van der Waals surface area contributed by atoms with Crippen LogP contribution in [-0.2, 0) is 17.9 Å². The number of nitrogens with zero attached hydrogens (tertiary/aromatic N) is 2. The summed E-state index contributed by atoms with van der Waals surface area (Å²) in [5.74, 6) is 1.07. The summed E-state index contributed by atoms with van der Waals surface area (Å²) in [7, 11) is 1.87. The minimum atomic E-state index is -0.0936. The van der Waals surface area contributed by atoms with Crippen molar-refractivity contribution in [2.75, 3.05) is 20.1 Å². The third-order valence-electron chi connectivity index (χ3n) is 4.86. The maximum Gasteiger partial charge on any atom is 0.239 e. The molecule has 25 heavy (non-hydrogen) atoms. The highest BCUT2D eigenvalue weighted by Crippen LogP contribution is 2.23. The third-order valence-corrected chi connectivity index (χ3v) is 4.86. The number of aryl methyl sites for hydroxylation is 1. The lowest BCUT2D eigenvalue weighted by molar-refractivity contribution is -0.139. The van der Waals surface area contributed by atoms with Crippen molar-refractivity contribution < 1.29 is 9.53 Å². The molecule has 4 nitrogen and oxygen atoms in total. The molecule has 3 rings (SSSR count). The van der Waals surface area contributed by atoms with Crippen LogP contribution in [0.25, 0.3) is 0 Å². The van der Waals surface area contributed by atoms with Gasteiger partial charge in [-0.15, -0.1) is 0 Å². The molecular weight excluding hydrogens is 312 g/mol. The molecule has 0 aromatic heterocycles. The highest BCUT2D eigenvalue weighted by Gasteiger charge is 2.29. The van der Waals surface area contributed by atoms with Gasteiger partial charge < -0.3 is 9.64 Å². The first-order valence-electron chi connectivity index (χ1n) is 8.80. The van der Waals surface area contributed by atoms with Gasteiger partial charge in [0, 0.05) is 32.2 Å². The number of amides is 1. The molecule has 2 aromatic rings. The van der Waals surface area contributed by atoms with E-state index in [4.69, 9.17) is 4.74 Å². The molecule has 2 aromatic carbocycles. The summed E-state index contributed by atoms with van der Waals surface area (Å²) in [4.78, 5) is 16.2. The Morgan fingerprint density at radius 1 is 1.08 bits per heavy atom. The van der Waals surface area contributed by atoms with Gasteiger partial charge in [0.1, 0.15) is 12.4 Å². The van der Waals surface area contributed by atoms with Crippen molar-refractivity contribution in [3.05, 3.63) is 65.2 Å². The predicted molar refractivity (Wildman–Crippen MR) is 99.5 cm³/mol. The second-order valence-electron chi connectivity index (χ2n) is 6.79. The fourth-order valence-electron chi connectivity index (χ4n) is 3.11. The van der Waals surface area contributed by atoms with Crippen molar-refractivity contribution in [1.82, 2.24) is 9.80 Å². The van der Waals surface area contributed by atoms with Gasteiger partial charge >= 0.3 is 0 Å². The lowest BCUT2D eigenvalue weighted by Crippen LogP contribution is -2.53. The van der Waals surface area contributed by atoms with E-state index < -0.39 is 0 Å². The van der Waals surface area contributed by atoms with E-state index in [2.05, 4.69) is 42.2 Å². The number of rotatable bonds is 5. The van der Waals surface area contributed by atoms with E-state index in [0.29, 0.717) is 6.61 Å². The number of carbonyl (C=O) groups is 1. The van der Waals surface area contributed by atoms with E-state index in [1.165, 1.54) is 5.56 Å². The minimum Gasteiger partial charge on any atom is -0.489 e. The molecule has 1 aliphatic rings. The van der Waals surface area contributed by atoms with Crippen LogP contribution in [0.4, 0.5) is 0 Å². The van der Waals surface area contributed by atoms with Crippen LogP contribution in [0.3, 0.4) is 0 Å². The highest BCUT2D eigenvalue weighted by atomic mass is 16.5. The summed E-state index contributed by atoms with van der Waals surface area (Å²) in [6, 6.07) is 16.4. The molecule has 0 radical (unpaired) electrons. The molecule has 0 saturated carbocycles. The topological polar surface area (TPSA) is 32.8 Å². The van der Waals surface area contributed by atoms with Crippen LogP contribution in [0, 0.1) is 6.92 Å². The number of likely N-dealkylation sites (N-methyl/N-ethyl adjacent to an activating group) is 1. The Bertz CT molecular complexity index is 727. The first-order chi connectivity index (χ1) is 12.0. The molecule has 0 aliphatic carbocycles. The largest absolute Gasteiger partial charge is 0.489 e. The first-order valence-corrected chi connectivity index (χ1v) is 8.80. The zero-order chi connectivity index (χ0) is 17.8. The molecule has 1 heterocycles. The number of para-hydroxylation sites is 1. The number of ether oxygens (including phenoxy) is 1. The Morgan fingerprint density at radius 3 is 2.56 bits per heavy atom. The van der Waals surface area contributed by atoms with Crippen LogP contribution < -0.4 is 4.74 Å². The minimum absolute atomic E-state index is 0.0936. The lowest BCUT2D eigenvalue weighted by Gasteiger charge is -2.37. The van der Waals surface area contributed by atoms with Crippen molar-refractivity contribution in [2.45, 2.75) is 33.0 Å². The van der Waals surface area contributed by atoms with Crippen molar-refractivity contribution >= 4 is 5.91 Å². The molecule has 132 valence electrons. The number of carbonyl (C=O) groups excluding carboxylic acids is 1. The second kappa shape index (κ2) is 7.70. The average molecular weight is 338 g/mol. The predicted octanol–water partition coefficient (Wildman–Crippen LogP) is 3.24. The fourth-order valence-corrected chi connectivity index (χ4v) is 3.11. The normalized spacial score (nSPS) is 18.4. The Hall–Kier alpha value is -2.33. The average Bonchev–Trinajstić information content (AvgIpc) is 2.63. The molecular formula is C21H26N2O2. The van der Waals surface area contributed by atoms with Gasteiger partial charge in [-0.25, -0.2) is 0 Å². The maximum atomic E-state index is 12.2. The maximum absolute atomic E-state index is 12.2. The summed E-state index contributed by atoms with van der Waals surface area (Å²) in [5, 5.41) is 0. The van der Waals surface area contributed by atoms with Crippen LogP contribution >= 0.6 is 0 Å². The van der Waals surface area contributed by atoms with Gasteiger partial charge in [-0.2, -0.15) is 0 Å². The summed E-state index contributed by atoms with van der Waals surface area (Å²) in [6.45, 7) is 7.00. The lowest BCUT2D eigenvalue weighted by atomic mass is 10.1. The van der Waals surface area contributed by atoms with Crippen LogP contribution in [0.5, 0.6) is 5.75 Å². The Kier molecular flexibility index (Phi) is 5.39. The summed E-state index contributed by atoms with van der Waals surface area (Å²) in [5.41, 5.74) is 3.53. The van der Waals surface area contributed by atoms with Gasteiger partial charge in [0.2, 0.25) is 5.91 Å². The summed E-state index contributed by atoms with van der Waals surface area (Å²) in [6.07, 6.45) is 0. The van der Waals surface area contributed by atoms with E-state index in [1.54, 1.807) is 4.90 Å². The zero-order valence-electron chi connectivity index (χ0n) is 15.2. The molecule has 0 unspecified atom stereocenters. The number of piperazine rings is 1. The van der Waals surface area contributed by atoms with Crippen molar-refractivity contribution in [3.63, 3.8) is 0 Å². The molecule has 1 fully saturated rings. The Balaban J connectivity index is 1.68. The van der Waals surface area contributed by atoms with Crippen LogP contribution in [0.1, 0.15) is 23.6 Å². The van der Waals surface area contributed by atoms with Gasteiger partial charge in [0.25, 0.3) is 0 Å². The van der Waals surface area contributed by atoms with Gasteiger partial charge in [0.05, 0.1) is 6.04 Å². The molecule has 4 heteroatoms. The Labute approximate surface area is 150 Å². The first kappa shape index (κ1) is 17.5. The van der Waals surface area contributed by atoms with Crippen molar-refractivity contribution in [1.29, 1.82) is 0 Å². The highest BCUT2D eigenvalue weighted by molar-refractivity contribution is 5.81. The molecule has 1 saturated heterocycles. The molecule has 1 aliphatic heterocycles. The molecule has 0 spiro atoms. The molecule has 1 amide bonds. The Morgan fingerprint density at radius 2 is 1.80 bits per heavy atom. The third kappa shape index (κ3) is 4.20. The number of benzene rings is 2. The standard InChI is InChI=1S/C21H26N2O2/c1-16-8-10-18(11-9-16)15-25-20-7-5-4-6-19(20)14-23-13-12-22(3)21(24)17(23)2/h4-11,17H,12-15H2,1-3H3/t17-/m1/s1. The SMILES string of the molecule is Cc1ccc(COc2ccccc2CN2CCN(C)C(=O)[C@H]2C)cc1. The number of hydrogen-bond acceptors (Lipinski definition) is 3. The fraction of sp³-hybridized carbons (Fsp3) is 0.381. The van der Waals surface area contributed by atoms with E-state index in [1.807, 2.05) is 32.2 Å². The van der Waals surface area contributed by atoms with E-state index >= 15 is 0 Å². The van der Waals surface area contributed by atoms with Gasteiger partial charge in [-0.05, 0) is 25.5 Å². The van der Waals surface area contributed by atoms with Gasteiger partial charge in [0.15, 0.2) is 0 Å². The van der Waals surface area contributed by atoms with Crippen LogP contribution in [-0.4, -0.2) is 41.9 Å². The van der Waals surface area contributed by atoms with E-state index in [0.717, 1.165) is 36.5 Å². The van der Waals surface area contributed by atoms with Crippen LogP contribution in [0.15, 0.2) is 48.5 Å². The quantitative estimate of drug-likeness (QED) is 0.839. The molecule has 0 N–H and O–H groups in total. The second-order valence-corrected chi connectivity index (χ2v) is 6.79. The van der Waals surface area contributed by atoms with Gasteiger partial charge in [-0.1, -0.05) is 48.0 Å². The summed E-state index contributed by atoms with van der Waals surface area (Å²) >= 11 is 0. The smallest absolute Gasteiger partial charge is 0.239 e. The number of hydrogen-bond donors (Lipinski definition) is 0. The van der Waals surface area contributed by atoms with Gasteiger partial charge in [-0.3, -0.25) is 9.69 Å². The van der Waals surface area contributed by atoms with Crippen LogP contribution in [0.2, 0.25) is 0 Å². The monoisotopic (exact) mass is 338 g/mol. The van der Waals surface area contributed by atoms with E-state index in [9.17, 15) is 4.79 Å². The molecule has 0 bridgehead atoms. The zero-order valence-corrected chi connectivity index (χ0v) is 15.2.